The molecule has 0 fully saturated rings. The van der Waals surface area contributed by atoms with E-state index in [-0.39, 0.29) is 17.6 Å². The average molecular weight is 203 g/mol. The number of carbonyl (C=O) groups is 2. The Labute approximate surface area is 79.0 Å². The minimum Gasteiger partial charge on any atom is -0.479 e. The van der Waals surface area contributed by atoms with E-state index in [1.807, 2.05) is 0 Å². The van der Waals surface area contributed by atoms with Crippen LogP contribution in [0.25, 0.3) is 0 Å². The van der Waals surface area contributed by atoms with Crippen LogP contribution < -0.4 is 5.73 Å². The van der Waals surface area contributed by atoms with E-state index >= 15 is 0 Å². The van der Waals surface area contributed by atoms with Crippen molar-refractivity contribution in [2.75, 3.05) is 12.0 Å². The first-order chi connectivity index (χ1) is 6.02. The molecule has 0 saturated carbocycles. The fourth-order valence-electron chi connectivity index (χ4n) is 0.628. The molecule has 0 rings (SSSR count). The number of hydrogen-bond donors (Lipinski definition) is 2. The lowest BCUT2D eigenvalue weighted by Crippen LogP contribution is -2.52. The second kappa shape index (κ2) is 4.81. The molecule has 0 aromatic rings. The highest BCUT2D eigenvalue weighted by molar-refractivity contribution is 7.98. The van der Waals surface area contributed by atoms with Crippen LogP contribution in [0.15, 0.2) is 5.57 Å². The Bertz CT molecular complexity index is 272. The van der Waals surface area contributed by atoms with Crippen LogP contribution in [0.3, 0.4) is 0 Å². The van der Waals surface area contributed by atoms with Crippen LogP contribution in [0, 0.1) is 0 Å². The lowest BCUT2D eigenvalue weighted by atomic mass is 9.95. The largest absolute Gasteiger partial charge is 0.479 e. The number of carboxylic acid groups (broad SMARTS) is 1. The molecule has 0 spiro atoms. The van der Waals surface area contributed by atoms with Crippen molar-refractivity contribution in [3.05, 3.63) is 5.57 Å². The predicted octanol–water partition coefficient (Wildman–Crippen LogP) is -0.912. The first-order valence-corrected chi connectivity index (χ1v) is 4.64. The first kappa shape index (κ1) is 11.9. The summed E-state index contributed by atoms with van der Waals surface area (Å²) >= 11 is 1.19. The second-order valence-electron chi connectivity index (χ2n) is 2.31. The van der Waals surface area contributed by atoms with Crippen molar-refractivity contribution in [2.24, 2.45) is 5.73 Å². The summed E-state index contributed by atoms with van der Waals surface area (Å²) in [6.45, 7) is 0. The lowest BCUT2D eigenvalue weighted by Gasteiger charge is -2.17. The smallest absolute Gasteiger partial charge is 0.336 e. The van der Waals surface area contributed by atoms with Gasteiger partial charge in [0.15, 0.2) is 6.29 Å². The van der Waals surface area contributed by atoms with Crippen LogP contribution in [0.1, 0.15) is 0 Å². The Balaban J connectivity index is 5.05. The van der Waals surface area contributed by atoms with Crippen LogP contribution in [0.4, 0.5) is 0 Å². The van der Waals surface area contributed by atoms with Gasteiger partial charge in [-0.3, -0.25) is 0 Å². The Kier molecular flexibility index (Phi) is 4.40. The third-order valence-corrected chi connectivity index (χ3v) is 2.03. The molecular formula is C7H9NO4S. The molecule has 0 amide bonds. The van der Waals surface area contributed by atoms with Gasteiger partial charge in [0.1, 0.15) is 5.94 Å². The second-order valence-corrected chi connectivity index (χ2v) is 3.17. The highest BCUT2D eigenvalue weighted by Gasteiger charge is 2.38. The van der Waals surface area contributed by atoms with Crippen molar-refractivity contribution >= 4 is 30.0 Å². The quantitative estimate of drug-likeness (QED) is 0.341. The van der Waals surface area contributed by atoms with E-state index in [4.69, 9.17) is 10.8 Å². The third kappa shape index (κ3) is 2.42. The van der Waals surface area contributed by atoms with E-state index in [2.05, 4.69) is 0 Å². The van der Waals surface area contributed by atoms with Crippen LogP contribution in [-0.4, -0.2) is 40.9 Å². The SMILES string of the molecule is CSCC(=C=O)C(N)(C=O)C(=O)O. The van der Waals surface area contributed by atoms with Crippen LogP contribution in [-0.2, 0) is 14.4 Å². The van der Waals surface area contributed by atoms with Gasteiger partial charge in [-0.25, -0.2) is 9.59 Å². The minimum absolute atomic E-state index is 0.0335. The summed E-state index contributed by atoms with van der Waals surface area (Å²) in [6, 6.07) is 0. The molecule has 0 aliphatic carbocycles. The normalized spacial score (nSPS) is 14.0. The molecule has 0 aromatic heterocycles. The Morgan fingerprint density at radius 1 is 1.77 bits per heavy atom. The maximum Gasteiger partial charge on any atom is 0.336 e. The highest BCUT2D eigenvalue weighted by Crippen LogP contribution is 2.13. The van der Waals surface area contributed by atoms with E-state index in [1.54, 1.807) is 6.26 Å². The topological polar surface area (TPSA) is 97.5 Å². The van der Waals surface area contributed by atoms with E-state index in [9.17, 15) is 14.4 Å². The maximum absolute atomic E-state index is 10.6. The fraction of sp³-hybridized carbons (Fsp3) is 0.429. The van der Waals surface area contributed by atoms with Crippen molar-refractivity contribution < 1.29 is 19.5 Å². The van der Waals surface area contributed by atoms with E-state index < -0.39 is 11.5 Å². The molecule has 0 aliphatic rings. The summed E-state index contributed by atoms with van der Waals surface area (Å²) in [6.07, 6.45) is 1.69. The summed E-state index contributed by atoms with van der Waals surface area (Å²) in [5, 5.41) is 8.60. The van der Waals surface area contributed by atoms with Gasteiger partial charge < -0.3 is 15.6 Å². The number of aliphatic carboxylic acids is 1. The molecular weight excluding hydrogens is 194 g/mol. The number of rotatable bonds is 5. The predicted molar refractivity (Wildman–Crippen MR) is 48.2 cm³/mol. The van der Waals surface area contributed by atoms with Gasteiger partial charge in [0.2, 0.25) is 5.54 Å². The zero-order valence-corrected chi connectivity index (χ0v) is 7.76. The highest BCUT2D eigenvalue weighted by atomic mass is 32.2. The van der Waals surface area contributed by atoms with Gasteiger partial charge in [-0.1, -0.05) is 0 Å². The van der Waals surface area contributed by atoms with E-state index in [0.29, 0.717) is 0 Å². The molecule has 1 unspecified atom stereocenters. The number of nitrogens with two attached hydrogens (primary N) is 1. The van der Waals surface area contributed by atoms with Gasteiger partial charge >= 0.3 is 5.97 Å². The zero-order valence-electron chi connectivity index (χ0n) is 6.94. The van der Waals surface area contributed by atoms with Gasteiger partial charge in [-0.15, -0.1) is 0 Å². The number of aldehydes is 1. The number of thioether (sulfide) groups is 1. The van der Waals surface area contributed by atoms with Crippen molar-refractivity contribution in [3.8, 4) is 0 Å². The lowest BCUT2D eigenvalue weighted by molar-refractivity contribution is -0.143. The van der Waals surface area contributed by atoms with Gasteiger partial charge in [0.25, 0.3) is 0 Å². The summed E-state index contributed by atoms with van der Waals surface area (Å²) in [4.78, 5) is 31.3. The van der Waals surface area contributed by atoms with Crippen LogP contribution in [0.2, 0.25) is 0 Å². The number of carbonyl (C=O) groups excluding carboxylic acids is 2. The molecule has 0 radical (unpaired) electrons. The van der Waals surface area contributed by atoms with E-state index in [0.717, 1.165) is 0 Å². The molecule has 0 saturated heterocycles. The standard InChI is InChI=1S/C7H9NO4S/c1-13-3-5(2-9)7(8,4-10)6(11)12/h4H,3,8H2,1H3,(H,11,12). The Hall–Kier alpha value is -1.10. The molecule has 1 atom stereocenters. The number of hydrogen-bond acceptors (Lipinski definition) is 5. The fourth-order valence-corrected chi connectivity index (χ4v) is 1.21. The van der Waals surface area contributed by atoms with Crippen molar-refractivity contribution in [1.29, 1.82) is 0 Å². The van der Waals surface area contributed by atoms with Crippen molar-refractivity contribution in [1.82, 2.24) is 0 Å². The molecule has 0 aromatic carbocycles. The summed E-state index contributed by atoms with van der Waals surface area (Å²) < 4.78 is 0. The van der Waals surface area contributed by atoms with E-state index in [1.165, 1.54) is 17.7 Å². The molecule has 72 valence electrons. The van der Waals surface area contributed by atoms with Crippen LogP contribution in [0.5, 0.6) is 0 Å². The zero-order chi connectivity index (χ0) is 10.5. The van der Waals surface area contributed by atoms with Gasteiger partial charge in [-0.05, 0) is 6.26 Å². The molecule has 13 heavy (non-hydrogen) atoms. The minimum atomic E-state index is -2.23. The van der Waals surface area contributed by atoms with Crippen molar-refractivity contribution in [2.45, 2.75) is 5.54 Å². The van der Waals surface area contributed by atoms with Gasteiger partial charge in [0.05, 0.1) is 5.57 Å². The van der Waals surface area contributed by atoms with Gasteiger partial charge in [0, 0.05) is 5.75 Å². The first-order valence-electron chi connectivity index (χ1n) is 3.25. The molecule has 0 bridgehead atoms. The molecule has 0 aliphatic heterocycles. The van der Waals surface area contributed by atoms with Crippen molar-refractivity contribution in [3.63, 3.8) is 0 Å². The van der Waals surface area contributed by atoms with Gasteiger partial charge in [-0.2, -0.15) is 11.8 Å². The average Bonchev–Trinajstić information content (AvgIpc) is 2.12. The number of carboxylic acids is 1. The molecule has 5 nitrogen and oxygen atoms in total. The van der Waals surface area contributed by atoms with Crippen LogP contribution >= 0.6 is 11.8 Å². The third-order valence-electron chi connectivity index (χ3n) is 1.45. The molecule has 6 heteroatoms. The monoisotopic (exact) mass is 203 g/mol. The maximum atomic E-state index is 10.6. The summed E-state index contributed by atoms with van der Waals surface area (Å²) in [5.41, 5.74) is 2.71. The summed E-state index contributed by atoms with van der Waals surface area (Å²) in [5.74, 6) is -0.0874. The molecule has 3 N–H and O–H groups in total. The Morgan fingerprint density at radius 3 is 2.54 bits per heavy atom. The molecule has 0 heterocycles. The summed E-state index contributed by atoms with van der Waals surface area (Å²) in [7, 11) is 0. The Morgan fingerprint density at radius 2 is 2.31 bits per heavy atom.